The van der Waals surface area contributed by atoms with Gasteiger partial charge in [0, 0.05) is 23.0 Å². The van der Waals surface area contributed by atoms with Crippen LogP contribution < -0.4 is 10.9 Å². The van der Waals surface area contributed by atoms with E-state index in [-0.39, 0.29) is 23.3 Å². The Labute approximate surface area is 171 Å². The number of hydrogen-bond donors (Lipinski definition) is 2. The van der Waals surface area contributed by atoms with Crippen LogP contribution in [0.25, 0.3) is 11.4 Å². The topological polar surface area (TPSA) is 74.8 Å². The molecule has 0 saturated carbocycles. The second-order valence-corrected chi connectivity index (χ2v) is 7.28. The average molecular weight is 389 g/mol. The predicted octanol–water partition coefficient (Wildman–Crippen LogP) is 4.77. The van der Waals surface area contributed by atoms with Crippen LogP contribution in [0.4, 0.5) is 5.69 Å². The fourth-order valence-electron chi connectivity index (χ4n) is 3.42. The summed E-state index contributed by atoms with van der Waals surface area (Å²) in [5, 5.41) is 3.05. The van der Waals surface area contributed by atoms with Crippen molar-refractivity contribution in [1.29, 1.82) is 0 Å². The number of H-pyrrole nitrogens is 1. The number of nitrogens with one attached hydrogen (secondary N) is 2. The van der Waals surface area contributed by atoms with Gasteiger partial charge in [0.2, 0.25) is 5.91 Å². The van der Waals surface area contributed by atoms with Gasteiger partial charge in [-0.3, -0.25) is 9.59 Å². The van der Waals surface area contributed by atoms with Crippen LogP contribution in [0, 0.1) is 5.92 Å². The van der Waals surface area contributed by atoms with Crippen molar-refractivity contribution in [3.05, 3.63) is 82.3 Å². The average Bonchev–Trinajstić information content (AvgIpc) is 2.74. The van der Waals surface area contributed by atoms with Crippen molar-refractivity contribution < 1.29 is 4.79 Å². The molecule has 2 unspecified atom stereocenters. The smallest absolute Gasteiger partial charge is 0.251 e. The highest BCUT2D eigenvalue weighted by Crippen LogP contribution is 2.29. The summed E-state index contributed by atoms with van der Waals surface area (Å²) in [5.41, 5.74) is 3.01. The van der Waals surface area contributed by atoms with Crippen LogP contribution in [0.2, 0.25) is 0 Å². The van der Waals surface area contributed by atoms with Crippen LogP contribution in [0.3, 0.4) is 0 Å². The van der Waals surface area contributed by atoms with Crippen LogP contribution in [0.15, 0.2) is 65.5 Å². The van der Waals surface area contributed by atoms with Crippen LogP contribution in [-0.2, 0) is 11.2 Å². The summed E-state index contributed by atoms with van der Waals surface area (Å²) in [4.78, 5) is 32.3. The third-order valence-corrected chi connectivity index (χ3v) is 5.21. The van der Waals surface area contributed by atoms with Crippen molar-refractivity contribution in [2.75, 3.05) is 5.32 Å². The molecule has 3 rings (SSSR count). The molecule has 0 saturated heterocycles. The number of nitrogens with zero attached hydrogens (tertiary/aromatic N) is 1. The summed E-state index contributed by atoms with van der Waals surface area (Å²) < 4.78 is 0. The fourth-order valence-corrected chi connectivity index (χ4v) is 3.42. The van der Waals surface area contributed by atoms with Gasteiger partial charge in [-0.1, -0.05) is 69.7 Å². The molecule has 0 bridgehead atoms. The number of aromatic nitrogens is 2. The molecular weight excluding hydrogens is 362 g/mol. The lowest BCUT2D eigenvalue weighted by Gasteiger charge is -2.23. The normalized spacial score (nSPS) is 12.9. The van der Waals surface area contributed by atoms with Crippen molar-refractivity contribution in [2.24, 2.45) is 5.92 Å². The van der Waals surface area contributed by atoms with E-state index < -0.39 is 0 Å². The van der Waals surface area contributed by atoms with Gasteiger partial charge in [0.1, 0.15) is 5.82 Å². The molecular formula is C24H27N3O2. The maximum absolute atomic E-state index is 13.1. The third-order valence-electron chi connectivity index (χ3n) is 5.21. The van der Waals surface area contributed by atoms with Crippen molar-refractivity contribution in [3.8, 4) is 11.4 Å². The highest BCUT2D eigenvalue weighted by Gasteiger charge is 2.25. The minimum atomic E-state index is -0.230. The maximum atomic E-state index is 13.1. The Morgan fingerprint density at radius 1 is 1.07 bits per heavy atom. The molecule has 29 heavy (non-hydrogen) atoms. The van der Waals surface area contributed by atoms with Crippen molar-refractivity contribution in [2.45, 2.75) is 39.5 Å². The first-order chi connectivity index (χ1) is 14.0. The molecule has 5 heteroatoms. The van der Waals surface area contributed by atoms with Gasteiger partial charge in [-0.15, -0.1) is 0 Å². The number of aryl methyl sites for hydroxylation is 1. The van der Waals surface area contributed by atoms with Gasteiger partial charge in [-0.2, -0.15) is 0 Å². The molecule has 5 nitrogen and oxygen atoms in total. The highest BCUT2D eigenvalue weighted by atomic mass is 16.2. The summed E-state index contributed by atoms with van der Waals surface area (Å²) in [6, 6.07) is 18.8. The Kier molecular flexibility index (Phi) is 6.60. The zero-order chi connectivity index (χ0) is 20.8. The SMILES string of the molecule is CCc1cc(=O)[nH]c(-c2cccc(NC(=O)C(c3ccccc3)C(C)CC)c2)n1. The number of benzene rings is 2. The molecule has 2 atom stereocenters. The van der Waals surface area contributed by atoms with Gasteiger partial charge in [-0.25, -0.2) is 4.98 Å². The van der Waals surface area contributed by atoms with E-state index in [2.05, 4.69) is 29.1 Å². The number of amides is 1. The molecule has 1 heterocycles. The number of hydrogen-bond acceptors (Lipinski definition) is 3. The Hall–Kier alpha value is -3.21. The van der Waals surface area contributed by atoms with Gasteiger partial charge in [0.25, 0.3) is 5.56 Å². The van der Waals surface area contributed by atoms with E-state index in [1.165, 1.54) is 6.07 Å². The number of anilines is 1. The van der Waals surface area contributed by atoms with E-state index in [1.807, 2.05) is 61.5 Å². The summed E-state index contributed by atoms with van der Waals surface area (Å²) >= 11 is 0. The van der Waals surface area contributed by atoms with E-state index in [4.69, 9.17) is 0 Å². The van der Waals surface area contributed by atoms with E-state index in [0.29, 0.717) is 17.9 Å². The van der Waals surface area contributed by atoms with Crippen LogP contribution in [0.1, 0.15) is 44.4 Å². The monoisotopic (exact) mass is 389 g/mol. The molecule has 3 aromatic rings. The van der Waals surface area contributed by atoms with Crippen molar-refractivity contribution in [1.82, 2.24) is 9.97 Å². The molecule has 0 aliphatic rings. The molecule has 1 amide bonds. The minimum absolute atomic E-state index is 0.0357. The first-order valence-corrected chi connectivity index (χ1v) is 10.1. The number of rotatable bonds is 7. The van der Waals surface area contributed by atoms with Crippen LogP contribution in [0.5, 0.6) is 0 Å². The molecule has 0 spiro atoms. The van der Waals surface area contributed by atoms with Gasteiger partial charge >= 0.3 is 0 Å². The van der Waals surface area contributed by atoms with E-state index in [0.717, 1.165) is 23.2 Å². The molecule has 1 aromatic heterocycles. The first-order valence-electron chi connectivity index (χ1n) is 10.1. The number of carbonyl (C=O) groups excluding carboxylic acids is 1. The fraction of sp³-hybridized carbons (Fsp3) is 0.292. The molecule has 0 aliphatic heterocycles. The molecule has 2 aromatic carbocycles. The van der Waals surface area contributed by atoms with Crippen molar-refractivity contribution >= 4 is 11.6 Å². The Morgan fingerprint density at radius 3 is 2.52 bits per heavy atom. The Morgan fingerprint density at radius 2 is 1.83 bits per heavy atom. The Balaban J connectivity index is 1.88. The second kappa shape index (κ2) is 9.32. The quantitative estimate of drug-likeness (QED) is 0.611. The standard InChI is InChI=1S/C24H27N3O2/c1-4-16(3)22(17-10-7-6-8-11-17)24(29)26-20-13-9-12-18(14-20)23-25-19(5-2)15-21(28)27-23/h6-16,22H,4-5H2,1-3H3,(H,26,29)(H,25,27,28). The van der Waals surface area contributed by atoms with Crippen LogP contribution >= 0.6 is 0 Å². The first kappa shape index (κ1) is 20.5. The highest BCUT2D eigenvalue weighted by molar-refractivity contribution is 5.96. The lowest BCUT2D eigenvalue weighted by Crippen LogP contribution is -2.26. The third kappa shape index (κ3) is 4.99. The van der Waals surface area contributed by atoms with Crippen molar-refractivity contribution in [3.63, 3.8) is 0 Å². The van der Waals surface area contributed by atoms with E-state index >= 15 is 0 Å². The molecule has 0 radical (unpaired) electrons. The van der Waals surface area contributed by atoms with Gasteiger partial charge in [0.05, 0.1) is 5.92 Å². The zero-order valence-electron chi connectivity index (χ0n) is 17.1. The largest absolute Gasteiger partial charge is 0.326 e. The van der Waals surface area contributed by atoms with E-state index in [9.17, 15) is 9.59 Å². The minimum Gasteiger partial charge on any atom is -0.326 e. The second-order valence-electron chi connectivity index (χ2n) is 7.28. The Bertz CT molecular complexity index is 1030. The lowest BCUT2D eigenvalue weighted by molar-refractivity contribution is -0.118. The number of carbonyl (C=O) groups is 1. The summed E-state index contributed by atoms with van der Waals surface area (Å²) in [6.07, 6.45) is 1.59. The van der Waals surface area contributed by atoms with Gasteiger partial charge < -0.3 is 10.3 Å². The number of aromatic amines is 1. The zero-order valence-corrected chi connectivity index (χ0v) is 17.1. The predicted molar refractivity (Wildman–Crippen MR) is 117 cm³/mol. The molecule has 2 N–H and O–H groups in total. The molecule has 150 valence electrons. The molecule has 0 fully saturated rings. The molecule has 0 aliphatic carbocycles. The van der Waals surface area contributed by atoms with Crippen LogP contribution in [-0.4, -0.2) is 15.9 Å². The maximum Gasteiger partial charge on any atom is 0.251 e. The summed E-state index contributed by atoms with van der Waals surface area (Å²) in [7, 11) is 0. The van der Waals surface area contributed by atoms with Gasteiger partial charge in [0.15, 0.2) is 0 Å². The summed E-state index contributed by atoms with van der Waals surface area (Å²) in [5.74, 6) is 0.449. The lowest BCUT2D eigenvalue weighted by atomic mass is 9.85. The van der Waals surface area contributed by atoms with E-state index in [1.54, 1.807) is 0 Å². The summed E-state index contributed by atoms with van der Waals surface area (Å²) in [6.45, 7) is 6.15. The van der Waals surface area contributed by atoms with Gasteiger partial charge in [-0.05, 0) is 30.0 Å².